The van der Waals surface area contributed by atoms with E-state index in [1.807, 2.05) is 18.2 Å². The van der Waals surface area contributed by atoms with Crippen molar-refractivity contribution in [1.82, 2.24) is 0 Å². The van der Waals surface area contributed by atoms with E-state index in [9.17, 15) is 5.11 Å². The van der Waals surface area contributed by atoms with Crippen molar-refractivity contribution in [1.29, 1.82) is 0 Å². The molecule has 146 valence electrons. The number of hydrogen-bond acceptors (Lipinski definition) is 2. The molecule has 0 heterocycles. The predicted octanol–water partition coefficient (Wildman–Crippen LogP) is 6.21. The van der Waals surface area contributed by atoms with Crippen molar-refractivity contribution in [3.05, 3.63) is 101 Å². The van der Waals surface area contributed by atoms with Gasteiger partial charge in [-0.25, -0.2) is 0 Å². The molecule has 3 aromatic rings. The van der Waals surface area contributed by atoms with Crippen molar-refractivity contribution in [2.24, 2.45) is 0 Å². The van der Waals surface area contributed by atoms with Gasteiger partial charge in [0.15, 0.2) is 0 Å². The van der Waals surface area contributed by atoms with Crippen LogP contribution in [-0.4, -0.2) is 11.7 Å². The lowest BCUT2D eigenvalue weighted by atomic mass is 9.87. The molecule has 28 heavy (non-hydrogen) atoms. The van der Waals surface area contributed by atoms with Gasteiger partial charge in [-0.3, -0.25) is 0 Å². The van der Waals surface area contributed by atoms with E-state index in [4.69, 9.17) is 4.74 Å². The molecule has 0 saturated heterocycles. The summed E-state index contributed by atoms with van der Waals surface area (Å²) >= 11 is 0. The highest BCUT2D eigenvalue weighted by Crippen LogP contribution is 2.32. The average Bonchev–Trinajstić information content (AvgIpc) is 2.72. The Balaban J connectivity index is 1.78. The molecule has 0 fully saturated rings. The van der Waals surface area contributed by atoms with Crippen molar-refractivity contribution in [3.8, 4) is 5.75 Å². The number of aryl methyl sites for hydroxylation is 1. The van der Waals surface area contributed by atoms with Crippen molar-refractivity contribution in [2.45, 2.75) is 45.6 Å². The Morgan fingerprint density at radius 1 is 0.821 bits per heavy atom. The molecule has 2 nitrogen and oxygen atoms in total. The molecule has 0 aromatic heterocycles. The Hall–Kier alpha value is -2.58. The highest BCUT2D eigenvalue weighted by atomic mass is 16.5. The molecule has 3 rings (SSSR count). The van der Waals surface area contributed by atoms with Gasteiger partial charge in [-0.1, -0.05) is 80.6 Å². The lowest BCUT2D eigenvalue weighted by Gasteiger charge is -2.20. The van der Waals surface area contributed by atoms with Gasteiger partial charge in [-0.05, 0) is 53.1 Å². The molecule has 0 saturated carbocycles. The lowest BCUT2D eigenvalue weighted by Crippen LogP contribution is -2.05. The largest absolute Gasteiger partial charge is 0.489 e. The third-order valence-corrected chi connectivity index (χ3v) is 5.26. The topological polar surface area (TPSA) is 29.5 Å². The standard InChI is InChI=1S/C26H30O2/c1-19(2)22-9-11-23(12-10-22)25(15-16-27)24-13-14-26(20(3)17-24)28-18-21-7-5-4-6-8-21/h4-14,17,19,25,27H,15-16,18H2,1-3H3. The lowest BCUT2D eigenvalue weighted by molar-refractivity contribution is 0.281. The molecule has 1 atom stereocenters. The SMILES string of the molecule is Cc1cc(C(CCO)c2ccc(C(C)C)cc2)ccc1OCc1ccccc1. The summed E-state index contributed by atoms with van der Waals surface area (Å²) in [5.41, 5.74) is 6.09. The number of aliphatic hydroxyl groups is 1. The van der Waals surface area contributed by atoms with Crippen LogP contribution < -0.4 is 4.74 Å². The van der Waals surface area contributed by atoms with E-state index in [-0.39, 0.29) is 12.5 Å². The van der Waals surface area contributed by atoms with Crippen molar-refractivity contribution in [3.63, 3.8) is 0 Å². The van der Waals surface area contributed by atoms with Crippen LogP contribution in [0.15, 0.2) is 72.8 Å². The minimum atomic E-state index is 0.169. The summed E-state index contributed by atoms with van der Waals surface area (Å²) < 4.78 is 6.02. The van der Waals surface area contributed by atoms with Crippen LogP contribution in [0, 0.1) is 6.92 Å². The molecule has 0 aliphatic heterocycles. The number of benzene rings is 3. The second-order valence-corrected chi connectivity index (χ2v) is 7.69. The molecule has 1 N–H and O–H groups in total. The van der Waals surface area contributed by atoms with Crippen LogP contribution in [0.3, 0.4) is 0 Å². The monoisotopic (exact) mass is 374 g/mol. The second kappa shape index (κ2) is 9.57. The first-order chi connectivity index (χ1) is 13.6. The first-order valence-corrected chi connectivity index (χ1v) is 10.1. The highest BCUT2D eigenvalue weighted by molar-refractivity contribution is 5.42. The Kier molecular flexibility index (Phi) is 6.89. The Labute approximate surface area is 168 Å². The molecule has 0 aliphatic carbocycles. The number of rotatable bonds is 8. The average molecular weight is 375 g/mol. The van der Waals surface area contributed by atoms with Gasteiger partial charge in [0.1, 0.15) is 12.4 Å². The molecule has 0 bridgehead atoms. The fourth-order valence-corrected chi connectivity index (χ4v) is 3.55. The maximum atomic E-state index is 9.61. The number of hydrogen-bond donors (Lipinski definition) is 1. The zero-order valence-corrected chi connectivity index (χ0v) is 17.1. The third-order valence-electron chi connectivity index (χ3n) is 5.26. The van der Waals surface area contributed by atoms with E-state index < -0.39 is 0 Å². The Bertz CT molecular complexity index is 867. The molecule has 2 heteroatoms. The fraction of sp³-hybridized carbons (Fsp3) is 0.308. The zero-order chi connectivity index (χ0) is 19.9. The molecular formula is C26H30O2. The van der Waals surface area contributed by atoms with Crippen LogP contribution >= 0.6 is 0 Å². The second-order valence-electron chi connectivity index (χ2n) is 7.69. The van der Waals surface area contributed by atoms with Crippen molar-refractivity contribution in [2.75, 3.05) is 6.61 Å². The van der Waals surface area contributed by atoms with Gasteiger partial charge in [0.05, 0.1) is 0 Å². The minimum absolute atomic E-state index is 0.169. The van der Waals surface area contributed by atoms with E-state index in [1.54, 1.807) is 0 Å². The quantitative estimate of drug-likeness (QED) is 0.508. The molecule has 3 aromatic carbocycles. The van der Waals surface area contributed by atoms with Crippen LogP contribution in [-0.2, 0) is 6.61 Å². The molecule has 0 spiro atoms. The third kappa shape index (κ3) is 5.02. The van der Waals surface area contributed by atoms with Gasteiger partial charge in [-0.2, -0.15) is 0 Å². The zero-order valence-electron chi connectivity index (χ0n) is 17.1. The Morgan fingerprint density at radius 3 is 2.07 bits per heavy atom. The van der Waals surface area contributed by atoms with Gasteiger partial charge in [-0.15, -0.1) is 0 Å². The maximum Gasteiger partial charge on any atom is 0.122 e. The van der Waals surface area contributed by atoms with Crippen LogP contribution in [0.2, 0.25) is 0 Å². The first kappa shape index (κ1) is 20.2. The van der Waals surface area contributed by atoms with E-state index in [0.29, 0.717) is 18.9 Å². The first-order valence-electron chi connectivity index (χ1n) is 10.1. The Morgan fingerprint density at radius 2 is 1.46 bits per heavy atom. The molecule has 0 amide bonds. The summed E-state index contributed by atoms with van der Waals surface area (Å²) in [5.74, 6) is 1.62. The van der Waals surface area contributed by atoms with Crippen molar-refractivity contribution < 1.29 is 9.84 Å². The van der Waals surface area contributed by atoms with Crippen LogP contribution in [0.1, 0.15) is 59.9 Å². The van der Waals surface area contributed by atoms with Gasteiger partial charge in [0, 0.05) is 12.5 Å². The van der Waals surface area contributed by atoms with Crippen molar-refractivity contribution >= 4 is 0 Å². The van der Waals surface area contributed by atoms with E-state index >= 15 is 0 Å². The fourth-order valence-electron chi connectivity index (χ4n) is 3.55. The summed E-state index contributed by atoms with van der Waals surface area (Å²) in [4.78, 5) is 0. The molecule has 0 aliphatic rings. The van der Waals surface area contributed by atoms with E-state index in [2.05, 4.69) is 75.4 Å². The summed E-state index contributed by atoms with van der Waals surface area (Å²) in [6.07, 6.45) is 0.713. The maximum absolute atomic E-state index is 9.61. The van der Waals surface area contributed by atoms with Crippen LogP contribution in [0.4, 0.5) is 0 Å². The van der Waals surface area contributed by atoms with Crippen LogP contribution in [0.25, 0.3) is 0 Å². The number of aliphatic hydroxyl groups excluding tert-OH is 1. The van der Waals surface area contributed by atoms with Gasteiger partial charge < -0.3 is 9.84 Å². The summed E-state index contributed by atoms with van der Waals surface area (Å²) in [6, 6.07) is 25.4. The highest BCUT2D eigenvalue weighted by Gasteiger charge is 2.15. The molecule has 0 radical (unpaired) electrons. The summed E-state index contributed by atoms with van der Waals surface area (Å²) in [7, 11) is 0. The summed E-state index contributed by atoms with van der Waals surface area (Å²) in [5, 5.41) is 9.61. The normalized spacial score (nSPS) is 12.2. The molecular weight excluding hydrogens is 344 g/mol. The molecule has 1 unspecified atom stereocenters. The van der Waals surface area contributed by atoms with Gasteiger partial charge in [0.2, 0.25) is 0 Å². The van der Waals surface area contributed by atoms with E-state index in [0.717, 1.165) is 16.9 Å². The number of ether oxygens (including phenoxy) is 1. The minimum Gasteiger partial charge on any atom is -0.489 e. The van der Waals surface area contributed by atoms with Crippen LogP contribution in [0.5, 0.6) is 5.75 Å². The van der Waals surface area contributed by atoms with Gasteiger partial charge >= 0.3 is 0 Å². The van der Waals surface area contributed by atoms with Gasteiger partial charge in [0.25, 0.3) is 0 Å². The summed E-state index contributed by atoms with van der Waals surface area (Å²) in [6.45, 7) is 7.23. The predicted molar refractivity (Wildman–Crippen MR) is 116 cm³/mol. The van der Waals surface area contributed by atoms with E-state index in [1.165, 1.54) is 16.7 Å². The smallest absolute Gasteiger partial charge is 0.122 e.